The summed E-state index contributed by atoms with van der Waals surface area (Å²) < 4.78 is 0. The van der Waals surface area contributed by atoms with E-state index in [0.29, 0.717) is 12.3 Å². The third-order valence-electron chi connectivity index (χ3n) is 4.57. The molecule has 2 rings (SSSR count). The number of nitrogens with two attached hydrogens (primary N) is 1. The molecule has 2 aromatic carbocycles. The van der Waals surface area contributed by atoms with Gasteiger partial charge in [0.1, 0.15) is 5.84 Å². The van der Waals surface area contributed by atoms with Crippen molar-refractivity contribution >= 4 is 11.5 Å². The van der Waals surface area contributed by atoms with Crippen LogP contribution >= 0.6 is 0 Å². The molecule has 0 saturated carbocycles. The number of hydrogen-bond donors (Lipinski definition) is 2. The average molecular weight is 353 g/mol. The van der Waals surface area contributed by atoms with E-state index >= 15 is 0 Å². The van der Waals surface area contributed by atoms with Crippen LogP contribution in [0.4, 0.5) is 5.69 Å². The number of aliphatic imine (C=N–C) groups is 1. The van der Waals surface area contributed by atoms with E-state index in [1.54, 1.807) is 0 Å². The minimum Gasteiger partial charge on any atom is -0.388 e. The number of rotatable bonds is 4. The zero-order valence-corrected chi connectivity index (χ0v) is 16.9. The summed E-state index contributed by atoms with van der Waals surface area (Å²) in [6, 6.07) is 16.2. The Labute approximate surface area is 158 Å². The fourth-order valence-corrected chi connectivity index (χ4v) is 2.77. The van der Waals surface area contributed by atoms with Crippen LogP contribution in [0.25, 0.3) is 0 Å². The highest BCUT2D eigenvalue weighted by Gasteiger charge is 2.16. The van der Waals surface area contributed by atoms with Crippen molar-refractivity contribution < 1.29 is 5.11 Å². The Morgan fingerprint density at radius 2 is 1.27 bits per heavy atom. The van der Waals surface area contributed by atoms with Gasteiger partial charge in [-0.2, -0.15) is 0 Å². The normalized spacial score (nSPS) is 14.3. The van der Waals surface area contributed by atoms with Gasteiger partial charge in [0.25, 0.3) is 0 Å². The number of benzene rings is 2. The van der Waals surface area contributed by atoms with Crippen molar-refractivity contribution in [1.82, 2.24) is 0 Å². The van der Waals surface area contributed by atoms with E-state index in [-0.39, 0.29) is 10.8 Å². The van der Waals surface area contributed by atoms with Gasteiger partial charge in [-0.25, -0.2) is 4.99 Å². The molecule has 1 atom stereocenters. The van der Waals surface area contributed by atoms with Crippen molar-refractivity contribution in [1.29, 1.82) is 0 Å². The molecule has 0 radical (unpaired) electrons. The fraction of sp³-hybridized carbons (Fsp3) is 0.435. The molecule has 0 fully saturated rings. The highest BCUT2D eigenvalue weighted by molar-refractivity contribution is 5.83. The Morgan fingerprint density at radius 1 is 0.846 bits per heavy atom. The van der Waals surface area contributed by atoms with Crippen LogP contribution in [0.15, 0.2) is 53.5 Å². The third kappa shape index (κ3) is 5.43. The van der Waals surface area contributed by atoms with Crippen LogP contribution in [0, 0.1) is 0 Å². The minimum atomic E-state index is -0.651. The van der Waals surface area contributed by atoms with Gasteiger partial charge in [-0.15, -0.1) is 0 Å². The average Bonchev–Trinajstić information content (AvgIpc) is 2.53. The van der Waals surface area contributed by atoms with Gasteiger partial charge >= 0.3 is 0 Å². The predicted octanol–water partition coefficient (Wildman–Crippen LogP) is 5.39. The van der Waals surface area contributed by atoms with Crippen molar-refractivity contribution in [3.8, 4) is 0 Å². The van der Waals surface area contributed by atoms with Gasteiger partial charge in [0, 0.05) is 6.42 Å². The van der Waals surface area contributed by atoms with Crippen molar-refractivity contribution in [2.45, 2.75) is 64.9 Å². The van der Waals surface area contributed by atoms with Crippen LogP contribution in [0.5, 0.6) is 0 Å². The van der Waals surface area contributed by atoms with Crippen LogP contribution in [0.3, 0.4) is 0 Å². The first-order valence-electron chi connectivity index (χ1n) is 9.19. The summed E-state index contributed by atoms with van der Waals surface area (Å²) in [7, 11) is 0. The monoisotopic (exact) mass is 352 g/mol. The van der Waals surface area contributed by atoms with Crippen LogP contribution in [-0.2, 0) is 10.8 Å². The number of aliphatic hydroxyl groups excluding tert-OH is 1. The number of nitrogens with zero attached hydrogens (tertiary/aromatic N) is 1. The standard InChI is InChI=1S/C23H32N2O/c1-22(2,3)17-9-7-16(8-10-17)20(26)15-21(24)25-19-13-11-18(12-14-19)23(4,5)6/h7-14,20,26H,15H2,1-6H3,(H2,24,25). The fourth-order valence-electron chi connectivity index (χ4n) is 2.77. The van der Waals surface area contributed by atoms with Crippen molar-refractivity contribution in [2.75, 3.05) is 0 Å². The molecule has 140 valence electrons. The molecule has 3 N–H and O–H groups in total. The van der Waals surface area contributed by atoms with Crippen LogP contribution in [0.2, 0.25) is 0 Å². The van der Waals surface area contributed by atoms with E-state index in [2.05, 4.69) is 70.8 Å². The summed E-state index contributed by atoms with van der Waals surface area (Å²) in [5, 5.41) is 10.5. The van der Waals surface area contributed by atoms with E-state index < -0.39 is 6.10 Å². The third-order valence-corrected chi connectivity index (χ3v) is 4.57. The summed E-state index contributed by atoms with van der Waals surface area (Å²) >= 11 is 0. The van der Waals surface area contributed by atoms with E-state index in [1.807, 2.05) is 24.3 Å². The first-order valence-corrected chi connectivity index (χ1v) is 9.19. The second-order valence-corrected chi connectivity index (χ2v) is 8.99. The number of hydrogen-bond acceptors (Lipinski definition) is 2. The summed E-state index contributed by atoms with van der Waals surface area (Å²) in [4.78, 5) is 4.44. The topological polar surface area (TPSA) is 58.6 Å². The maximum atomic E-state index is 10.5. The molecule has 0 amide bonds. The molecule has 0 aliphatic rings. The molecule has 0 saturated heterocycles. The Balaban J connectivity index is 2.06. The van der Waals surface area contributed by atoms with Crippen LogP contribution in [0.1, 0.15) is 70.8 Å². The highest BCUT2D eigenvalue weighted by Crippen LogP contribution is 2.26. The molecule has 0 aliphatic carbocycles. The molecule has 0 aliphatic heterocycles. The molecule has 0 spiro atoms. The molecule has 1 unspecified atom stereocenters. The van der Waals surface area contributed by atoms with Gasteiger partial charge in [0.05, 0.1) is 11.8 Å². The van der Waals surface area contributed by atoms with Crippen LogP contribution in [-0.4, -0.2) is 10.9 Å². The number of amidine groups is 1. The summed E-state index contributed by atoms with van der Waals surface area (Å²) in [5.41, 5.74) is 10.4. The Kier molecular flexibility index (Phi) is 5.92. The maximum Gasteiger partial charge on any atom is 0.103 e. The zero-order valence-electron chi connectivity index (χ0n) is 16.9. The molecule has 0 aromatic heterocycles. The van der Waals surface area contributed by atoms with Gasteiger partial charge < -0.3 is 10.8 Å². The SMILES string of the molecule is CC(C)(C)c1ccc(N=C(N)CC(O)c2ccc(C(C)(C)C)cc2)cc1. The second kappa shape index (κ2) is 7.63. The second-order valence-electron chi connectivity index (χ2n) is 8.99. The van der Waals surface area contributed by atoms with E-state index in [1.165, 1.54) is 11.1 Å². The molecule has 26 heavy (non-hydrogen) atoms. The Hall–Kier alpha value is -2.13. The Bertz CT molecular complexity index is 745. The van der Waals surface area contributed by atoms with Crippen molar-refractivity contribution in [2.24, 2.45) is 10.7 Å². The molecular weight excluding hydrogens is 320 g/mol. The largest absolute Gasteiger partial charge is 0.388 e. The quantitative estimate of drug-likeness (QED) is 0.572. The molecule has 3 nitrogen and oxygen atoms in total. The lowest BCUT2D eigenvalue weighted by Crippen LogP contribution is -2.16. The number of aliphatic hydroxyl groups is 1. The van der Waals surface area contributed by atoms with Gasteiger partial charge in [0.2, 0.25) is 0 Å². The highest BCUT2D eigenvalue weighted by atomic mass is 16.3. The van der Waals surface area contributed by atoms with E-state index in [4.69, 9.17) is 5.73 Å². The van der Waals surface area contributed by atoms with Gasteiger partial charge in [-0.1, -0.05) is 77.9 Å². The van der Waals surface area contributed by atoms with Crippen molar-refractivity contribution in [3.05, 3.63) is 65.2 Å². The molecule has 2 aromatic rings. The predicted molar refractivity (Wildman–Crippen MR) is 111 cm³/mol. The first kappa shape index (κ1) is 20.2. The zero-order chi connectivity index (χ0) is 19.5. The van der Waals surface area contributed by atoms with Gasteiger partial charge in [-0.05, 0) is 39.7 Å². The lowest BCUT2D eigenvalue weighted by molar-refractivity contribution is 0.186. The summed E-state index contributed by atoms with van der Waals surface area (Å²) in [6.45, 7) is 13.1. The maximum absolute atomic E-state index is 10.5. The minimum absolute atomic E-state index is 0.100. The summed E-state index contributed by atoms with van der Waals surface area (Å²) in [6.07, 6.45) is -0.336. The van der Waals surface area contributed by atoms with Gasteiger partial charge in [-0.3, -0.25) is 0 Å². The van der Waals surface area contributed by atoms with E-state index in [9.17, 15) is 5.11 Å². The Morgan fingerprint density at radius 3 is 1.69 bits per heavy atom. The van der Waals surface area contributed by atoms with Gasteiger partial charge in [0.15, 0.2) is 0 Å². The smallest absolute Gasteiger partial charge is 0.103 e. The summed E-state index contributed by atoms with van der Waals surface area (Å²) in [5.74, 6) is 0.431. The lowest BCUT2D eigenvalue weighted by Gasteiger charge is -2.20. The van der Waals surface area contributed by atoms with Crippen molar-refractivity contribution in [3.63, 3.8) is 0 Å². The molecule has 0 heterocycles. The van der Waals surface area contributed by atoms with Crippen LogP contribution < -0.4 is 5.73 Å². The van der Waals surface area contributed by atoms with E-state index in [0.717, 1.165) is 11.3 Å². The molecular formula is C23H32N2O. The lowest BCUT2D eigenvalue weighted by atomic mass is 9.86. The first-order chi connectivity index (χ1) is 12.0. The molecule has 0 bridgehead atoms. The molecule has 3 heteroatoms.